The first-order valence-corrected chi connectivity index (χ1v) is 5.66. The van der Waals surface area contributed by atoms with Crippen LogP contribution in [0.4, 0.5) is 0 Å². The van der Waals surface area contributed by atoms with Gasteiger partial charge in [0.1, 0.15) is 0 Å². The summed E-state index contributed by atoms with van der Waals surface area (Å²) < 4.78 is 0. The first-order valence-electron chi connectivity index (χ1n) is 5.66. The molecule has 86 valence electrons. The zero-order valence-corrected chi connectivity index (χ0v) is 9.28. The Hall–Kier alpha value is -1.19. The van der Waals surface area contributed by atoms with Gasteiger partial charge in [-0.15, -0.1) is 0 Å². The average Bonchev–Trinajstić information content (AvgIpc) is 3.10. The molecule has 3 N–H and O–H groups in total. The number of hydrogen-bond acceptors (Lipinski definition) is 3. The number of aliphatic hydroxyl groups is 1. The molecule has 0 radical (unpaired) electrons. The highest BCUT2D eigenvalue weighted by Crippen LogP contribution is 2.47. The van der Waals surface area contributed by atoms with Gasteiger partial charge in [-0.3, -0.25) is 4.79 Å². The van der Waals surface area contributed by atoms with E-state index in [2.05, 4.69) is 0 Å². The quantitative estimate of drug-likeness (QED) is 0.732. The molecule has 2 rings (SSSR count). The minimum Gasteiger partial charge on any atom is -0.395 e. The SMILES string of the molecule is NCCC(=O)c1ccc(C2(CO)CC2)cc1. The van der Waals surface area contributed by atoms with Gasteiger partial charge in [-0.25, -0.2) is 0 Å². The van der Waals surface area contributed by atoms with Crippen LogP contribution in [0, 0.1) is 0 Å². The van der Waals surface area contributed by atoms with Gasteiger partial charge in [0.2, 0.25) is 0 Å². The molecule has 3 heteroatoms. The number of carbonyl (C=O) groups excluding carboxylic acids is 1. The van der Waals surface area contributed by atoms with Crippen LogP contribution >= 0.6 is 0 Å². The second-order valence-corrected chi connectivity index (χ2v) is 4.48. The number of ketones is 1. The van der Waals surface area contributed by atoms with E-state index in [1.54, 1.807) is 0 Å². The van der Waals surface area contributed by atoms with Crippen molar-refractivity contribution in [1.82, 2.24) is 0 Å². The Morgan fingerprint density at radius 1 is 1.31 bits per heavy atom. The third kappa shape index (κ3) is 2.01. The second-order valence-electron chi connectivity index (χ2n) is 4.48. The number of carbonyl (C=O) groups is 1. The fourth-order valence-corrected chi connectivity index (χ4v) is 1.97. The highest BCUT2D eigenvalue weighted by atomic mass is 16.3. The lowest BCUT2D eigenvalue weighted by Crippen LogP contribution is -2.12. The van der Waals surface area contributed by atoms with Gasteiger partial charge in [-0.1, -0.05) is 24.3 Å². The predicted molar refractivity (Wildman–Crippen MR) is 62.4 cm³/mol. The Bertz CT molecular complexity index is 379. The molecule has 0 heterocycles. The van der Waals surface area contributed by atoms with Crippen molar-refractivity contribution < 1.29 is 9.90 Å². The molecule has 0 amide bonds. The first kappa shape index (κ1) is 11.3. The van der Waals surface area contributed by atoms with E-state index < -0.39 is 0 Å². The molecule has 3 nitrogen and oxygen atoms in total. The van der Waals surface area contributed by atoms with Gasteiger partial charge in [-0.2, -0.15) is 0 Å². The summed E-state index contributed by atoms with van der Waals surface area (Å²) in [5.74, 6) is 0.0860. The summed E-state index contributed by atoms with van der Waals surface area (Å²) in [6.45, 7) is 0.588. The molecular formula is C13H17NO2. The second kappa shape index (κ2) is 4.36. The zero-order chi connectivity index (χ0) is 11.6. The van der Waals surface area contributed by atoms with Gasteiger partial charge >= 0.3 is 0 Å². The molecule has 16 heavy (non-hydrogen) atoms. The Morgan fingerprint density at radius 2 is 1.94 bits per heavy atom. The van der Waals surface area contributed by atoms with Crippen LogP contribution in [0.3, 0.4) is 0 Å². The third-order valence-electron chi connectivity index (χ3n) is 3.35. The van der Waals surface area contributed by atoms with Gasteiger partial charge in [0.15, 0.2) is 5.78 Å². The normalized spacial score (nSPS) is 17.1. The summed E-state index contributed by atoms with van der Waals surface area (Å²) in [4.78, 5) is 11.6. The van der Waals surface area contributed by atoms with Crippen LogP contribution in [-0.2, 0) is 5.41 Å². The number of aliphatic hydroxyl groups excluding tert-OH is 1. The van der Waals surface area contributed by atoms with Crippen molar-refractivity contribution in [3.05, 3.63) is 35.4 Å². The largest absolute Gasteiger partial charge is 0.395 e. The maximum Gasteiger partial charge on any atom is 0.164 e. The van der Waals surface area contributed by atoms with E-state index in [-0.39, 0.29) is 17.8 Å². The Morgan fingerprint density at radius 3 is 2.38 bits per heavy atom. The van der Waals surface area contributed by atoms with Crippen molar-refractivity contribution in [2.24, 2.45) is 5.73 Å². The zero-order valence-electron chi connectivity index (χ0n) is 9.28. The molecule has 1 saturated carbocycles. The van der Waals surface area contributed by atoms with E-state index in [9.17, 15) is 9.90 Å². The van der Waals surface area contributed by atoms with Gasteiger partial charge in [0.25, 0.3) is 0 Å². The highest BCUT2D eigenvalue weighted by molar-refractivity contribution is 5.96. The Balaban J connectivity index is 2.14. The van der Waals surface area contributed by atoms with E-state index >= 15 is 0 Å². The minimum atomic E-state index is -0.0184. The summed E-state index contributed by atoms with van der Waals surface area (Å²) in [6.07, 6.45) is 2.48. The number of hydrogen-bond donors (Lipinski definition) is 2. The lowest BCUT2D eigenvalue weighted by Gasteiger charge is -2.12. The molecule has 0 aromatic heterocycles. The standard InChI is InChI=1S/C13H17NO2/c14-8-5-12(16)10-1-3-11(4-2-10)13(9-15)6-7-13/h1-4,15H,5-9,14H2. The van der Waals surface area contributed by atoms with Gasteiger partial charge in [0, 0.05) is 17.4 Å². The highest BCUT2D eigenvalue weighted by Gasteiger charge is 2.43. The van der Waals surface area contributed by atoms with Crippen LogP contribution in [0.1, 0.15) is 35.2 Å². The molecule has 0 bridgehead atoms. The van der Waals surface area contributed by atoms with Crippen LogP contribution < -0.4 is 5.73 Å². The van der Waals surface area contributed by atoms with E-state index in [4.69, 9.17) is 5.73 Å². The number of nitrogens with two attached hydrogens (primary N) is 1. The molecule has 0 atom stereocenters. The average molecular weight is 219 g/mol. The molecule has 1 aromatic rings. The van der Waals surface area contributed by atoms with E-state index in [0.29, 0.717) is 18.5 Å². The first-order chi connectivity index (χ1) is 7.72. The molecule has 1 aliphatic rings. The van der Waals surface area contributed by atoms with Crippen LogP contribution in [0.2, 0.25) is 0 Å². The molecule has 0 spiro atoms. The third-order valence-corrected chi connectivity index (χ3v) is 3.35. The van der Waals surface area contributed by atoms with Crippen LogP contribution in [0.15, 0.2) is 24.3 Å². The smallest absolute Gasteiger partial charge is 0.164 e. The summed E-state index contributed by atoms with van der Waals surface area (Å²) in [5, 5.41) is 9.29. The van der Waals surface area contributed by atoms with E-state index in [1.807, 2.05) is 24.3 Å². The fourth-order valence-electron chi connectivity index (χ4n) is 1.97. The lowest BCUT2D eigenvalue weighted by molar-refractivity contribution is 0.0985. The summed E-state index contributed by atoms with van der Waals surface area (Å²) in [5.41, 5.74) is 7.17. The molecule has 1 fully saturated rings. The number of Topliss-reactive ketones (excluding diaryl/α,β-unsaturated/α-hetero) is 1. The predicted octanol–water partition coefficient (Wildman–Crippen LogP) is 1.24. The van der Waals surface area contributed by atoms with Crippen LogP contribution in [0.25, 0.3) is 0 Å². The maximum absolute atomic E-state index is 11.6. The van der Waals surface area contributed by atoms with Crippen molar-refractivity contribution in [2.45, 2.75) is 24.7 Å². The molecule has 0 aliphatic heterocycles. The van der Waals surface area contributed by atoms with Crippen molar-refractivity contribution >= 4 is 5.78 Å². The van der Waals surface area contributed by atoms with Crippen LogP contribution in [0.5, 0.6) is 0 Å². The Labute approximate surface area is 95.3 Å². The summed E-state index contributed by atoms with van der Waals surface area (Å²) in [6, 6.07) is 7.58. The van der Waals surface area contributed by atoms with Gasteiger partial charge in [-0.05, 0) is 24.9 Å². The molecule has 1 aliphatic carbocycles. The number of benzene rings is 1. The molecule has 0 saturated heterocycles. The van der Waals surface area contributed by atoms with Crippen molar-refractivity contribution in [3.8, 4) is 0 Å². The molecule has 1 aromatic carbocycles. The molecule has 0 unspecified atom stereocenters. The van der Waals surface area contributed by atoms with E-state index in [1.165, 1.54) is 0 Å². The maximum atomic E-state index is 11.6. The van der Waals surface area contributed by atoms with Crippen molar-refractivity contribution in [1.29, 1.82) is 0 Å². The summed E-state index contributed by atoms with van der Waals surface area (Å²) in [7, 11) is 0. The van der Waals surface area contributed by atoms with E-state index in [0.717, 1.165) is 18.4 Å². The minimum absolute atomic E-state index is 0.0184. The van der Waals surface area contributed by atoms with Gasteiger partial charge < -0.3 is 10.8 Å². The topological polar surface area (TPSA) is 63.3 Å². The monoisotopic (exact) mass is 219 g/mol. The van der Waals surface area contributed by atoms with Gasteiger partial charge in [0.05, 0.1) is 6.61 Å². The lowest BCUT2D eigenvalue weighted by atomic mass is 9.95. The summed E-state index contributed by atoms with van der Waals surface area (Å²) >= 11 is 0. The fraction of sp³-hybridized carbons (Fsp3) is 0.462. The number of rotatable bonds is 5. The molecular weight excluding hydrogens is 202 g/mol. The van der Waals surface area contributed by atoms with Crippen molar-refractivity contribution in [3.63, 3.8) is 0 Å². The van der Waals surface area contributed by atoms with Crippen molar-refractivity contribution in [2.75, 3.05) is 13.2 Å². The van der Waals surface area contributed by atoms with Crippen LogP contribution in [-0.4, -0.2) is 24.0 Å². The Kier molecular flexibility index (Phi) is 3.08.